The smallest absolute Gasteiger partial charge is 0.321 e. The van der Waals surface area contributed by atoms with Crippen LogP contribution in [0.2, 0.25) is 0 Å². The number of Topliss-reactive ketones (excluding diaryl/α,β-unsaturated/α-hetero) is 1. The van der Waals surface area contributed by atoms with E-state index in [1.807, 2.05) is 13.8 Å². The van der Waals surface area contributed by atoms with E-state index in [4.69, 9.17) is 0 Å². The lowest BCUT2D eigenvalue weighted by Crippen LogP contribution is -2.34. The minimum absolute atomic E-state index is 0.0524. The van der Waals surface area contributed by atoms with Crippen molar-refractivity contribution in [3.63, 3.8) is 0 Å². The van der Waals surface area contributed by atoms with Crippen LogP contribution in [0.3, 0.4) is 0 Å². The second-order valence-electron chi connectivity index (χ2n) is 5.87. The van der Waals surface area contributed by atoms with Crippen molar-refractivity contribution in [2.75, 3.05) is 23.1 Å². The Bertz CT molecular complexity index is 920. The third kappa shape index (κ3) is 5.30. The number of hydrogen-bond donors (Lipinski definition) is 2. The second kappa shape index (κ2) is 8.68. The second-order valence-corrected chi connectivity index (χ2v) is 7.55. The number of carbonyl (C=O) groups is 2. The lowest BCUT2D eigenvalue weighted by atomic mass is 10.1. The van der Waals surface area contributed by atoms with E-state index in [2.05, 4.69) is 10.0 Å². The number of ketones is 1. The highest BCUT2D eigenvalue weighted by molar-refractivity contribution is 7.92. The maximum atomic E-state index is 12.5. The Morgan fingerprint density at radius 2 is 1.59 bits per heavy atom. The van der Waals surface area contributed by atoms with E-state index in [9.17, 15) is 18.0 Å². The number of rotatable bonds is 7. The van der Waals surface area contributed by atoms with Gasteiger partial charge >= 0.3 is 6.03 Å². The van der Waals surface area contributed by atoms with Crippen LogP contribution in [-0.4, -0.2) is 38.2 Å². The molecule has 0 unspecified atom stereocenters. The highest BCUT2D eigenvalue weighted by Crippen LogP contribution is 2.19. The first-order valence-electron chi connectivity index (χ1n) is 8.56. The van der Waals surface area contributed by atoms with Gasteiger partial charge in [-0.25, -0.2) is 13.2 Å². The van der Waals surface area contributed by atoms with Crippen LogP contribution in [0.4, 0.5) is 16.2 Å². The molecule has 2 N–H and O–H groups in total. The standard InChI is InChI=1S/C19H23N3O4S/c1-4-22(5-2)19(24)20-16-9-11-18(12-10-16)27(25,26)21-17-8-6-7-15(13-17)14(3)23/h6-13,21H,4-5H2,1-3H3,(H,20,24). The number of hydrogen-bond acceptors (Lipinski definition) is 4. The van der Waals surface area contributed by atoms with Crippen LogP contribution in [0.25, 0.3) is 0 Å². The molecule has 2 rings (SSSR count). The van der Waals surface area contributed by atoms with Crippen molar-refractivity contribution < 1.29 is 18.0 Å². The van der Waals surface area contributed by atoms with Crippen LogP contribution in [0.5, 0.6) is 0 Å². The van der Waals surface area contributed by atoms with Crippen LogP contribution in [0.1, 0.15) is 31.1 Å². The molecule has 0 radical (unpaired) electrons. The van der Waals surface area contributed by atoms with Crippen molar-refractivity contribution in [3.05, 3.63) is 54.1 Å². The first-order chi connectivity index (χ1) is 12.8. The van der Waals surface area contributed by atoms with E-state index in [0.29, 0.717) is 30.0 Å². The van der Waals surface area contributed by atoms with Crippen LogP contribution >= 0.6 is 0 Å². The number of anilines is 2. The summed E-state index contributed by atoms with van der Waals surface area (Å²) in [6, 6.07) is 11.9. The molecule has 0 bridgehead atoms. The number of carbonyl (C=O) groups excluding carboxylic acids is 2. The Morgan fingerprint density at radius 1 is 0.963 bits per heavy atom. The van der Waals surface area contributed by atoms with E-state index in [0.717, 1.165) is 0 Å². The van der Waals surface area contributed by atoms with Gasteiger partial charge in [0, 0.05) is 30.0 Å². The van der Waals surface area contributed by atoms with Crippen molar-refractivity contribution in [3.8, 4) is 0 Å². The monoisotopic (exact) mass is 389 g/mol. The fraction of sp³-hybridized carbons (Fsp3) is 0.263. The summed E-state index contributed by atoms with van der Waals surface area (Å²) in [5.74, 6) is -0.149. The zero-order valence-corrected chi connectivity index (χ0v) is 16.3. The van der Waals surface area contributed by atoms with Crippen LogP contribution in [0, 0.1) is 0 Å². The maximum Gasteiger partial charge on any atom is 0.321 e. The molecule has 0 heterocycles. The molecule has 0 aliphatic carbocycles. The van der Waals surface area contributed by atoms with E-state index in [1.54, 1.807) is 23.1 Å². The van der Waals surface area contributed by atoms with Crippen LogP contribution in [-0.2, 0) is 10.0 Å². The minimum Gasteiger partial charge on any atom is -0.325 e. The van der Waals surface area contributed by atoms with Crippen molar-refractivity contribution in [2.45, 2.75) is 25.7 Å². The average Bonchev–Trinajstić information content (AvgIpc) is 2.63. The molecule has 8 heteroatoms. The van der Waals surface area contributed by atoms with Crippen molar-refractivity contribution in [1.82, 2.24) is 4.90 Å². The normalized spacial score (nSPS) is 10.9. The molecule has 0 fully saturated rings. The van der Waals surface area contributed by atoms with Crippen LogP contribution in [0.15, 0.2) is 53.4 Å². The summed E-state index contributed by atoms with van der Waals surface area (Å²) >= 11 is 0. The van der Waals surface area contributed by atoms with Crippen molar-refractivity contribution in [1.29, 1.82) is 0 Å². The van der Waals surface area contributed by atoms with E-state index in [-0.39, 0.29) is 16.7 Å². The van der Waals surface area contributed by atoms with Gasteiger partial charge in [-0.2, -0.15) is 0 Å². The Kier molecular flexibility index (Phi) is 6.57. The maximum absolute atomic E-state index is 12.5. The van der Waals surface area contributed by atoms with Gasteiger partial charge in [-0.15, -0.1) is 0 Å². The Balaban J connectivity index is 2.14. The minimum atomic E-state index is -3.81. The molecule has 2 amide bonds. The zero-order valence-electron chi connectivity index (χ0n) is 15.5. The van der Waals surface area contributed by atoms with Gasteiger partial charge in [0.15, 0.2) is 5.78 Å². The molecule has 0 aromatic heterocycles. The van der Waals surface area contributed by atoms with E-state index < -0.39 is 10.0 Å². The molecule has 0 spiro atoms. The number of urea groups is 1. The predicted molar refractivity (Wildman–Crippen MR) is 106 cm³/mol. The third-order valence-corrected chi connectivity index (χ3v) is 5.39. The number of nitrogens with zero attached hydrogens (tertiary/aromatic N) is 1. The lowest BCUT2D eigenvalue weighted by Gasteiger charge is -2.19. The molecule has 27 heavy (non-hydrogen) atoms. The van der Waals surface area contributed by atoms with Crippen molar-refractivity contribution >= 4 is 33.2 Å². The third-order valence-electron chi connectivity index (χ3n) is 3.99. The zero-order chi connectivity index (χ0) is 20.0. The quantitative estimate of drug-likeness (QED) is 0.708. The van der Waals surface area contributed by atoms with Crippen molar-refractivity contribution in [2.24, 2.45) is 0 Å². The van der Waals surface area contributed by atoms with Crippen LogP contribution < -0.4 is 10.0 Å². The lowest BCUT2D eigenvalue weighted by molar-refractivity contribution is 0.101. The molecular weight excluding hydrogens is 366 g/mol. The molecule has 7 nitrogen and oxygen atoms in total. The van der Waals surface area contributed by atoms with Gasteiger partial charge in [-0.1, -0.05) is 12.1 Å². The summed E-state index contributed by atoms with van der Waals surface area (Å²) in [5.41, 5.74) is 1.23. The fourth-order valence-electron chi connectivity index (χ4n) is 2.45. The molecule has 144 valence electrons. The Morgan fingerprint density at radius 3 is 2.15 bits per heavy atom. The summed E-state index contributed by atoms with van der Waals surface area (Å²) in [5, 5.41) is 2.73. The summed E-state index contributed by atoms with van der Waals surface area (Å²) in [4.78, 5) is 25.1. The molecule has 0 saturated carbocycles. The van der Waals surface area contributed by atoms with E-state index >= 15 is 0 Å². The van der Waals surface area contributed by atoms with Gasteiger partial charge in [0.1, 0.15) is 0 Å². The molecule has 0 atom stereocenters. The fourth-order valence-corrected chi connectivity index (χ4v) is 3.50. The number of sulfonamides is 1. The molecule has 0 aliphatic heterocycles. The van der Waals surface area contributed by atoms with Gasteiger partial charge in [0.25, 0.3) is 10.0 Å². The first kappa shape index (κ1) is 20.4. The number of amides is 2. The topological polar surface area (TPSA) is 95.6 Å². The highest BCUT2D eigenvalue weighted by atomic mass is 32.2. The summed E-state index contributed by atoms with van der Waals surface area (Å²) < 4.78 is 27.5. The van der Waals surface area contributed by atoms with Gasteiger partial charge in [-0.05, 0) is 57.2 Å². The first-order valence-corrected chi connectivity index (χ1v) is 10.0. The molecule has 0 aliphatic rings. The Labute approximate surface area is 159 Å². The van der Waals surface area contributed by atoms with Gasteiger partial charge in [-0.3, -0.25) is 9.52 Å². The molecule has 2 aromatic carbocycles. The average molecular weight is 389 g/mol. The Hall–Kier alpha value is -2.87. The molecular formula is C19H23N3O4S. The summed E-state index contributed by atoms with van der Waals surface area (Å²) in [6.45, 7) is 6.34. The predicted octanol–water partition coefficient (Wildman–Crippen LogP) is 3.56. The highest BCUT2D eigenvalue weighted by Gasteiger charge is 2.15. The van der Waals surface area contributed by atoms with Gasteiger partial charge in [0.05, 0.1) is 4.90 Å². The van der Waals surface area contributed by atoms with Gasteiger partial charge < -0.3 is 10.2 Å². The number of nitrogens with one attached hydrogen (secondary N) is 2. The SMILES string of the molecule is CCN(CC)C(=O)Nc1ccc(S(=O)(=O)Nc2cccc(C(C)=O)c2)cc1. The largest absolute Gasteiger partial charge is 0.325 e. The number of benzene rings is 2. The summed E-state index contributed by atoms with van der Waals surface area (Å²) in [6.07, 6.45) is 0. The molecule has 0 saturated heterocycles. The van der Waals surface area contributed by atoms with E-state index in [1.165, 1.54) is 37.3 Å². The summed E-state index contributed by atoms with van der Waals surface area (Å²) in [7, 11) is -3.81. The van der Waals surface area contributed by atoms with Gasteiger partial charge in [0.2, 0.25) is 0 Å². The molecule has 2 aromatic rings.